The van der Waals surface area contributed by atoms with Gasteiger partial charge in [0.1, 0.15) is 5.60 Å². The van der Waals surface area contributed by atoms with Crippen molar-refractivity contribution >= 4 is 5.97 Å². The van der Waals surface area contributed by atoms with Crippen LogP contribution >= 0.6 is 0 Å². The first-order valence-corrected chi connectivity index (χ1v) is 6.06. The van der Waals surface area contributed by atoms with E-state index in [4.69, 9.17) is 0 Å². The van der Waals surface area contributed by atoms with Gasteiger partial charge in [0.15, 0.2) is 0 Å². The number of halogens is 1. The fourth-order valence-electron chi connectivity index (χ4n) is 2.41. The molecule has 0 spiro atoms. The fraction of sp³-hybridized carbons (Fsp3) is 0.917. The Kier molecular flexibility index (Phi) is 4.71. The van der Waals surface area contributed by atoms with Gasteiger partial charge >= 0.3 is 5.97 Å². The van der Waals surface area contributed by atoms with Crippen LogP contribution in [0.25, 0.3) is 0 Å². The van der Waals surface area contributed by atoms with Gasteiger partial charge in [-0.15, -0.1) is 0 Å². The van der Waals surface area contributed by atoms with Crippen molar-refractivity contribution in [1.82, 2.24) is 0 Å². The van der Waals surface area contributed by atoms with Crippen molar-refractivity contribution in [3.63, 3.8) is 0 Å². The second-order valence-corrected chi connectivity index (χ2v) is 4.59. The van der Waals surface area contributed by atoms with Gasteiger partial charge in [-0.2, -0.15) is 0 Å². The van der Waals surface area contributed by atoms with Gasteiger partial charge in [0, 0.05) is 0 Å². The van der Waals surface area contributed by atoms with Crippen LogP contribution in [0.2, 0.25) is 0 Å². The lowest BCUT2D eigenvalue weighted by Gasteiger charge is -2.37. The number of carbonyl (C=O) groups excluding carboxylic acids is 1. The van der Waals surface area contributed by atoms with Crippen LogP contribution in [0, 0.1) is 5.92 Å². The van der Waals surface area contributed by atoms with Crippen LogP contribution < -0.4 is 0 Å². The molecule has 4 heteroatoms. The van der Waals surface area contributed by atoms with Crippen LogP contribution in [0.3, 0.4) is 0 Å². The van der Waals surface area contributed by atoms with Gasteiger partial charge in [0.2, 0.25) is 6.17 Å². The molecule has 0 bridgehead atoms. The van der Waals surface area contributed by atoms with Gasteiger partial charge < -0.3 is 9.84 Å². The summed E-state index contributed by atoms with van der Waals surface area (Å²) in [5.41, 5.74) is -1.51. The van der Waals surface area contributed by atoms with Gasteiger partial charge in [0.25, 0.3) is 0 Å². The Bertz CT molecular complexity index is 244. The number of hydrogen-bond donors (Lipinski definition) is 1. The lowest BCUT2D eigenvalue weighted by molar-refractivity contribution is -0.165. The summed E-state index contributed by atoms with van der Waals surface area (Å²) < 4.78 is 18.5. The average molecular weight is 232 g/mol. The Morgan fingerprint density at radius 1 is 1.62 bits per heavy atom. The first-order valence-electron chi connectivity index (χ1n) is 6.06. The highest BCUT2D eigenvalue weighted by atomic mass is 19.1. The summed E-state index contributed by atoms with van der Waals surface area (Å²) in [4.78, 5) is 11.3. The Morgan fingerprint density at radius 3 is 2.88 bits per heavy atom. The number of rotatable bonds is 4. The molecule has 0 aromatic carbocycles. The van der Waals surface area contributed by atoms with E-state index in [0.717, 1.165) is 19.3 Å². The van der Waals surface area contributed by atoms with Gasteiger partial charge in [-0.1, -0.05) is 26.2 Å². The predicted molar refractivity (Wildman–Crippen MR) is 58.7 cm³/mol. The SMILES string of the molecule is CCOC(=O)C(F)C1(O)CCCC(CC)C1. The third-order valence-electron chi connectivity index (χ3n) is 3.41. The Labute approximate surface area is 96.0 Å². The number of ether oxygens (including phenoxy) is 1. The molecule has 0 saturated heterocycles. The average Bonchev–Trinajstić information content (AvgIpc) is 2.28. The highest BCUT2D eigenvalue weighted by molar-refractivity contribution is 5.76. The van der Waals surface area contributed by atoms with Gasteiger partial charge in [-0.3, -0.25) is 0 Å². The maximum atomic E-state index is 13.8. The zero-order valence-corrected chi connectivity index (χ0v) is 10.0. The molecule has 1 rings (SSSR count). The van der Waals surface area contributed by atoms with Crippen LogP contribution in [-0.4, -0.2) is 29.5 Å². The normalized spacial score (nSPS) is 32.1. The Morgan fingerprint density at radius 2 is 2.31 bits per heavy atom. The van der Waals surface area contributed by atoms with Gasteiger partial charge in [-0.05, 0) is 25.7 Å². The number of esters is 1. The molecule has 3 atom stereocenters. The quantitative estimate of drug-likeness (QED) is 0.756. The van der Waals surface area contributed by atoms with E-state index in [1.165, 1.54) is 0 Å². The zero-order valence-electron chi connectivity index (χ0n) is 10.0. The Hall–Kier alpha value is -0.640. The lowest BCUT2D eigenvalue weighted by Crippen LogP contribution is -2.48. The number of alkyl halides is 1. The van der Waals surface area contributed by atoms with Crippen molar-refractivity contribution in [2.45, 2.75) is 57.7 Å². The fourth-order valence-corrected chi connectivity index (χ4v) is 2.41. The molecule has 0 amide bonds. The molecule has 0 aromatic rings. The first kappa shape index (κ1) is 13.4. The topological polar surface area (TPSA) is 46.5 Å². The molecule has 16 heavy (non-hydrogen) atoms. The van der Waals surface area contributed by atoms with E-state index in [2.05, 4.69) is 4.74 Å². The third kappa shape index (κ3) is 2.94. The van der Waals surface area contributed by atoms with E-state index >= 15 is 0 Å². The minimum absolute atomic E-state index is 0.145. The summed E-state index contributed by atoms with van der Waals surface area (Å²) >= 11 is 0. The van der Waals surface area contributed by atoms with E-state index in [1.807, 2.05) is 6.92 Å². The van der Waals surface area contributed by atoms with E-state index in [-0.39, 0.29) is 6.61 Å². The van der Waals surface area contributed by atoms with E-state index < -0.39 is 17.7 Å². The molecule has 94 valence electrons. The number of hydrogen-bond acceptors (Lipinski definition) is 3. The van der Waals surface area contributed by atoms with E-state index in [9.17, 15) is 14.3 Å². The monoisotopic (exact) mass is 232 g/mol. The molecule has 0 heterocycles. The number of aliphatic hydroxyl groups is 1. The largest absolute Gasteiger partial charge is 0.464 e. The molecular formula is C12H21FO3. The molecule has 1 fully saturated rings. The highest BCUT2D eigenvalue weighted by Crippen LogP contribution is 2.37. The van der Waals surface area contributed by atoms with Crippen LogP contribution in [0.1, 0.15) is 46.0 Å². The summed E-state index contributed by atoms with van der Waals surface area (Å²) in [5.74, 6) is -0.617. The first-order chi connectivity index (χ1) is 7.53. The van der Waals surface area contributed by atoms with Crippen molar-refractivity contribution in [1.29, 1.82) is 0 Å². The molecule has 0 radical (unpaired) electrons. The van der Waals surface area contributed by atoms with Crippen LogP contribution in [0.5, 0.6) is 0 Å². The second kappa shape index (κ2) is 5.62. The van der Waals surface area contributed by atoms with Gasteiger partial charge in [-0.25, -0.2) is 9.18 Å². The molecule has 1 saturated carbocycles. The zero-order chi connectivity index (χ0) is 12.2. The third-order valence-corrected chi connectivity index (χ3v) is 3.41. The van der Waals surface area contributed by atoms with E-state index in [1.54, 1.807) is 6.92 Å². The van der Waals surface area contributed by atoms with Crippen LogP contribution in [-0.2, 0) is 9.53 Å². The second-order valence-electron chi connectivity index (χ2n) is 4.59. The summed E-state index contributed by atoms with van der Waals surface area (Å²) in [6.07, 6.45) is 1.51. The van der Waals surface area contributed by atoms with Crippen molar-refractivity contribution in [2.75, 3.05) is 6.61 Å². The van der Waals surface area contributed by atoms with Gasteiger partial charge in [0.05, 0.1) is 6.61 Å². The smallest absolute Gasteiger partial charge is 0.343 e. The lowest BCUT2D eigenvalue weighted by atomic mass is 9.74. The maximum Gasteiger partial charge on any atom is 0.343 e. The molecule has 1 N–H and O–H groups in total. The summed E-state index contributed by atoms with van der Waals surface area (Å²) in [5, 5.41) is 10.2. The molecule has 0 aromatic heterocycles. The van der Waals surface area contributed by atoms with Crippen LogP contribution in [0.4, 0.5) is 4.39 Å². The highest BCUT2D eigenvalue weighted by Gasteiger charge is 2.45. The molecule has 0 aliphatic heterocycles. The molecular weight excluding hydrogens is 211 g/mol. The number of carbonyl (C=O) groups is 1. The van der Waals surface area contributed by atoms with Crippen LogP contribution in [0.15, 0.2) is 0 Å². The molecule has 1 aliphatic carbocycles. The maximum absolute atomic E-state index is 13.8. The minimum Gasteiger partial charge on any atom is -0.464 e. The van der Waals surface area contributed by atoms with Crippen molar-refractivity contribution < 1.29 is 19.0 Å². The molecule has 3 unspecified atom stereocenters. The summed E-state index contributed by atoms with van der Waals surface area (Å²) in [7, 11) is 0. The Balaban J connectivity index is 2.64. The minimum atomic E-state index is -1.90. The molecule has 1 aliphatic rings. The standard InChI is InChI=1S/C12H21FO3/c1-3-9-6-5-7-12(15,8-9)10(13)11(14)16-4-2/h9-10,15H,3-8H2,1-2H3. The molecule has 3 nitrogen and oxygen atoms in total. The van der Waals surface area contributed by atoms with Crippen molar-refractivity contribution in [2.24, 2.45) is 5.92 Å². The summed E-state index contributed by atoms with van der Waals surface area (Å²) in [6.45, 7) is 3.80. The van der Waals surface area contributed by atoms with Crippen molar-refractivity contribution in [3.05, 3.63) is 0 Å². The summed E-state index contributed by atoms with van der Waals surface area (Å²) in [6, 6.07) is 0. The van der Waals surface area contributed by atoms with E-state index in [0.29, 0.717) is 18.8 Å². The predicted octanol–water partition coefficient (Wildman–Crippen LogP) is 2.22. The van der Waals surface area contributed by atoms with Crippen molar-refractivity contribution in [3.8, 4) is 0 Å².